The summed E-state index contributed by atoms with van der Waals surface area (Å²) < 4.78 is 4.57. The Hall–Kier alpha value is -2.59. The molecule has 1 aromatic carbocycles. The number of methoxy groups -OCH3 is 1. The van der Waals surface area contributed by atoms with Gasteiger partial charge in [0, 0.05) is 0 Å². The van der Waals surface area contributed by atoms with Gasteiger partial charge in [-0.3, -0.25) is 0 Å². The number of ether oxygens (including phenoxy) is 1. The van der Waals surface area contributed by atoms with Crippen LogP contribution >= 0.6 is 0 Å². The summed E-state index contributed by atoms with van der Waals surface area (Å²) in [6.07, 6.45) is 0. The first-order chi connectivity index (χ1) is 8.13. The van der Waals surface area contributed by atoms with Crippen molar-refractivity contribution in [1.82, 2.24) is 0 Å². The highest BCUT2D eigenvalue weighted by Gasteiger charge is 2.07. The standard InChI is InChI=1S/C13H10N2O2/c1-9(12(7-14)8-15)10-3-5-11(6-4-10)13(16)17-2/h3-6H,1-2H3. The van der Waals surface area contributed by atoms with Gasteiger partial charge in [0.05, 0.1) is 12.7 Å². The SMILES string of the molecule is COC(=O)c1ccc(C(C)=C(C#N)C#N)cc1. The summed E-state index contributed by atoms with van der Waals surface area (Å²) in [6.45, 7) is 1.69. The number of allylic oxidation sites excluding steroid dienone is 2. The van der Waals surface area contributed by atoms with Gasteiger partial charge in [0.1, 0.15) is 17.7 Å². The molecule has 0 fully saturated rings. The molecule has 0 aliphatic carbocycles. The highest BCUT2D eigenvalue weighted by molar-refractivity contribution is 5.89. The highest BCUT2D eigenvalue weighted by Crippen LogP contribution is 2.18. The summed E-state index contributed by atoms with van der Waals surface area (Å²) in [4.78, 5) is 11.2. The Labute approximate surface area is 99.4 Å². The molecular formula is C13H10N2O2. The van der Waals surface area contributed by atoms with E-state index in [1.807, 2.05) is 12.1 Å². The number of hydrogen-bond acceptors (Lipinski definition) is 4. The van der Waals surface area contributed by atoms with E-state index in [0.29, 0.717) is 11.1 Å². The van der Waals surface area contributed by atoms with Crippen molar-refractivity contribution in [2.24, 2.45) is 0 Å². The molecule has 0 atom stereocenters. The van der Waals surface area contributed by atoms with Crippen LogP contribution in [0.4, 0.5) is 0 Å². The fraction of sp³-hybridized carbons (Fsp3) is 0.154. The maximum Gasteiger partial charge on any atom is 0.337 e. The third-order valence-electron chi connectivity index (χ3n) is 2.34. The molecule has 1 rings (SSSR count). The van der Waals surface area contributed by atoms with Crippen LogP contribution in [0.5, 0.6) is 0 Å². The van der Waals surface area contributed by atoms with E-state index in [4.69, 9.17) is 10.5 Å². The van der Waals surface area contributed by atoms with Gasteiger partial charge in [0.25, 0.3) is 0 Å². The number of nitriles is 2. The molecule has 0 unspecified atom stereocenters. The number of rotatable bonds is 2. The lowest BCUT2D eigenvalue weighted by Crippen LogP contribution is -2.00. The molecule has 84 valence electrons. The molecule has 1 aromatic rings. The zero-order chi connectivity index (χ0) is 12.8. The number of benzene rings is 1. The first-order valence-electron chi connectivity index (χ1n) is 4.84. The van der Waals surface area contributed by atoms with E-state index in [1.165, 1.54) is 7.11 Å². The minimum atomic E-state index is -0.418. The fourth-order valence-corrected chi connectivity index (χ4v) is 1.31. The van der Waals surface area contributed by atoms with Gasteiger partial charge in [0.15, 0.2) is 0 Å². The summed E-state index contributed by atoms with van der Waals surface area (Å²) in [7, 11) is 1.31. The van der Waals surface area contributed by atoms with Crippen molar-refractivity contribution in [2.45, 2.75) is 6.92 Å². The molecule has 0 aromatic heterocycles. The molecule has 0 radical (unpaired) electrons. The molecule has 17 heavy (non-hydrogen) atoms. The van der Waals surface area contributed by atoms with Gasteiger partial charge in [-0.25, -0.2) is 4.79 Å². The summed E-state index contributed by atoms with van der Waals surface area (Å²) in [5.41, 5.74) is 1.82. The van der Waals surface area contributed by atoms with Crippen molar-refractivity contribution in [3.63, 3.8) is 0 Å². The Bertz CT molecular complexity index is 526. The number of hydrogen-bond donors (Lipinski definition) is 0. The number of carbonyl (C=O) groups excluding carboxylic acids is 1. The van der Waals surface area contributed by atoms with Crippen LogP contribution in [-0.4, -0.2) is 13.1 Å². The number of esters is 1. The van der Waals surface area contributed by atoms with Crippen LogP contribution < -0.4 is 0 Å². The van der Waals surface area contributed by atoms with Gasteiger partial charge < -0.3 is 4.74 Å². The topological polar surface area (TPSA) is 73.9 Å². The van der Waals surface area contributed by atoms with Crippen LogP contribution in [0.1, 0.15) is 22.8 Å². The maximum atomic E-state index is 11.2. The van der Waals surface area contributed by atoms with Gasteiger partial charge in [0.2, 0.25) is 0 Å². The molecule has 0 saturated heterocycles. The van der Waals surface area contributed by atoms with Gasteiger partial charge >= 0.3 is 5.97 Å². The fourth-order valence-electron chi connectivity index (χ4n) is 1.31. The van der Waals surface area contributed by atoms with E-state index in [1.54, 1.807) is 31.2 Å². The zero-order valence-electron chi connectivity index (χ0n) is 9.52. The lowest BCUT2D eigenvalue weighted by Gasteiger charge is -2.03. The summed E-state index contributed by atoms with van der Waals surface area (Å²) >= 11 is 0. The third-order valence-corrected chi connectivity index (χ3v) is 2.34. The second-order valence-corrected chi connectivity index (χ2v) is 3.29. The van der Waals surface area contributed by atoms with E-state index in [0.717, 1.165) is 5.56 Å². The van der Waals surface area contributed by atoms with Crippen LogP contribution in [0.3, 0.4) is 0 Å². The lowest BCUT2D eigenvalue weighted by atomic mass is 10.0. The van der Waals surface area contributed by atoms with Gasteiger partial charge in [-0.2, -0.15) is 10.5 Å². The molecule has 0 N–H and O–H groups in total. The Morgan fingerprint density at radius 1 is 1.12 bits per heavy atom. The van der Waals surface area contributed by atoms with Crippen molar-refractivity contribution < 1.29 is 9.53 Å². The Morgan fingerprint density at radius 3 is 2.00 bits per heavy atom. The predicted molar refractivity (Wildman–Crippen MR) is 61.6 cm³/mol. The van der Waals surface area contributed by atoms with E-state index in [-0.39, 0.29) is 5.57 Å². The monoisotopic (exact) mass is 226 g/mol. The molecule has 0 heterocycles. The lowest BCUT2D eigenvalue weighted by molar-refractivity contribution is 0.0600. The Balaban J connectivity index is 3.13. The molecule has 0 aliphatic heterocycles. The molecule has 0 spiro atoms. The highest BCUT2D eigenvalue weighted by atomic mass is 16.5. The minimum Gasteiger partial charge on any atom is -0.465 e. The van der Waals surface area contributed by atoms with Crippen LogP contribution in [-0.2, 0) is 4.74 Å². The maximum absolute atomic E-state index is 11.2. The third kappa shape index (κ3) is 2.70. The van der Waals surface area contributed by atoms with Gasteiger partial charge in [-0.05, 0) is 30.2 Å². The average molecular weight is 226 g/mol. The van der Waals surface area contributed by atoms with E-state index in [2.05, 4.69) is 4.74 Å². The molecular weight excluding hydrogens is 216 g/mol. The molecule has 4 nitrogen and oxygen atoms in total. The summed E-state index contributed by atoms with van der Waals surface area (Å²) in [5.74, 6) is -0.418. The quantitative estimate of drug-likeness (QED) is 0.572. The van der Waals surface area contributed by atoms with Crippen LogP contribution in [0, 0.1) is 22.7 Å². The van der Waals surface area contributed by atoms with Crippen LogP contribution in [0.2, 0.25) is 0 Å². The number of nitrogens with zero attached hydrogens (tertiary/aromatic N) is 2. The van der Waals surface area contributed by atoms with E-state index < -0.39 is 5.97 Å². The van der Waals surface area contributed by atoms with Gasteiger partial charge in [-0.15, -0.1) is 0 Å². The van der Waals surface area contributed by atoms with Crippen molar-refractivity contribution >= 4 is 11.5 Å². The molecule has 0 aliphatic rings. The van der Waals surface area contributed by atoms with Crippen molar-refractivity contribution in [2.75, 3.05) is 7.11 Å². The smallest absolute Gasteiger partial charge is 0.337 e. The molecule has 0 amide bonds. The largest absolute Gasteiger partial charge is 0.465 e. The van der Waals surface area contributed by atoms with Crippen molar-refractivity contribution in [3.05, 3.63) is 41.0 Å². The van der Waals surface area contributed by atoms with E-state index >= 15 is 0 Å². The Morgan fingerprint density at radius 2 is 1.59 bits per heavy atom. The van der Waals surface area contributed by atoms with Crippen molar-refractivity contribution in [3.8, 4) is 12.1 Å². The van der Waals surface area contributed by atoms with Crippen LogP contribution in [0.25, 0.3) is 5.57 Å². The van der Waals surface area contributed by atoms with E-state index in [9.17, 15) is 4.79 Å². The zero-order valence-corrected chi connectivity index (χ0v) is 9.52. The number of carbonyl (C=O) groups is 1. The second kappa shape index (κ2) is 5.48. The van der Waals surface area contributed by atoms with Gasteiger partial charge in [-0.1, -0.05) is 12.1 Å². The molecule has 0 bridgehead atoms. The van der Waals surface area contributed by atoms with Crippen molar-refractivity contribution in [1.29, 1.82) is 10.5 Å². The average Bonchev–Trinajstić information content (AvgIpc) is 2.39. The minimum absolute atomic E-state index is 0.0656. The predicted octanol–water partition coefficient (Wildman–Crippen LogP) is 2.29. The molecule has 0 saturated carbocycles. The normalized spacial score (nSPS) is 8.71. The first kappa shape index (κ1) is 12.5. The summed E-state index contributed by atoms with van der Waals surface area (Å²) in [6, 6.07) is 10.2. The Kier molecular flexibility index (Phi) is 4.02. The first-order valence-corrected chi connectivity index (χ1v) is 4.84. The van der Waals surface area contributed by atoms with Crippen LogP contribution in [0.15, 0.2) is 29.8 Å². The second-order valence-electron chi connectivity index (χ2n) is 3.29. The summed E-state index contributed by atoms with van der Waals surface area (Å²) in [5, 5.41) is 17.5. The molecule has 4 heteroatoms.